The molecular weight excluding hydrogens is 1070 g/mol. The number of likely N-dealkylation sites (N-methyl/N-ethyl adjacent to an activating group) is 4. The van der Waals surface area contributed by atoms with Gasteiger partial charge in [-0.05, 0) is 71.8 Å². The molecular formula is C61H88N10O4S4+6. The van der Waals surface area contributed by atoms with E-state index in [0.29, 0.717) is 31.8 Å². The molecule has 0 bridgehead atoms. The van der Waals surface area contributed by atoms with Crippen molar-refractivity contribution in [1.29, 1.82) is 0 Å². The maximum atomic E-state index is 13.6. The van der Waals surface area contributed by atoms with Crippen LogP contribution in [0.2, 0.25) is 0 Å². The molecule has 1 unspecified atom stereocenters. The van der Waals surface area contributed by atoms with Crippen LogP contribution in [0.15, 0.2) is 139 Å². The number of aromatic nitrogens is 2. The summed E-state index contributed by atoms with van der Waals surface area (Å²) in [5, 5.41) is 4.48. The fraction of sp³-hybridized carbons (Fsp3) is 0.443. The lowest BCUT2D eigenvalue weighted by atomic mass is 10.1. The van der Waals surface area contributed by atoms with Crippen LogP contribution in [0.1, 0.15) is 43.5 Å². The second-order valence-electron chi connectivity index (χ2n) is 24.9. The lowest BCUT2D eigenvalue weighted by molar-refractivity contribution is -1.05. The third-order valence-corrected chi connectivity index (χ3v) is 21.8. The number of para-hydroxylation sites is 2. The largest absolute Gasteiger partial charge is 0.338 e. The van der Waals surface area contributed by atoms with Gasteiger partial charge < -0.3 is 23.2 Å². The Labute approximate surface area is 481 Å². The van der Waals surface area contributed by atoms with Crippen LogP contribution in [-0.4, -0.2) is 188 Å². The van der Waals surface area contributed by atoms with Crippen LogP contribution in [0.25, 0.3) is 34.0 Å². The number of thioether (sulfide) groups is 2. The molecule has 0 aliphatic carbocycles. The molecule has 424 valence electrons. The highest BCUT2D eigenvalue weighted by Gasteiger charge is 2.37. The third kappa shape index (κ3) is 13.7. The summed E-state index contributed by atoms with van der Waals surface area (Å²) in [4.78, 5) is 6.85. The molecule has 8 rings (SSSR count). The standard InChI is InChI=1S/C61H88N10O4S4/c1-16-59(67-35-32-48(52-24-18-20-26-54(52)67)44-61-65(5)56-30-28-50(46-58(56)77-61)79(74,75)63(3)37-42-69(9,10)11)71(14,15)40-22-39-70(12,13)38-21-33-66-34-31-47(51-23-17-19-25-53(51)66)43-60-64(4)55-29-27-49(45-57(55)76-60)78(72,73)62(2)36-41-68(6,7)8/h17-20,23-32,34-35,43-46,59H,16,21-22,33,36-42H2,1-15H3/q+6. The minimum absolute atomic E-state index is 0.230. The van der Waals surface area contributed by atoms with Gasteiger partial charge in [-0.3, -0.25) is 4.48 Å². The molecule has 14 nitrogen and oxygen atoms in total. The molecule has 79 heavy (non-hydrogen) atoms. The molecule has 0 saturated heterocycles. The van der Waals surface area contributed by atoms with E-state index in [1.807, 2.05) is 24.3 Å². The van der Waals surface area contributed by atoms with Crippen LogP contribution < -0.4 is 18.9 Å². The number of hydrogen-bond donors (Lipinski definition) is 0. The Hall–Kier alpha value is -4.86. The van der Waals surface area contributed by atoms with Crippen LogP contribution in [0, 0.1) is 0 Å². The van der Waals surface area contributed by atoms with Crippen LogP contribution in [-0.2, 0) is 26.6 Å². The second kappa shape index (κ2) is 23.5. The first-order valence-corrected chi connectivity index (χ1v) is 32.1. The topological polar surface area (TPSA) is 89.0 Å². The highest BCUT2D eigenvalue weighted by atomic mass is 32.2. The molecule has 2 aliphatic rings. The summed E-state index contributed by atoms with van der Waals surface area (Å²) in [5.74, 6) is 0. The summed E-state index contributed by atoms with van der Waals surface area (Å²) in [7, 11) is 22.1. The van der Waals surface area contributed by atoms with Crippen molar-refractivity contribution in [3.05, 3.63) is 131 Å². The van der Waals surface area contributed by atoms with E-state index in [2.05, 4.69) is 196 Å². The van der Waals surface area contributed by atoms with Crippen molar-refractivity contribution in [2.75, 3.05) is 154 Å². The van der Waals surface area contributed by atoms with E-state index in [1.165, 1.54) is 30.4 Å². The van der Waals surface area contributed by atoms with Gasteiger partial charge in [-0.2, -0.15) is 13.2 Å². The Bertz CT molecular complexity index is 3510. The van der Waals surface area contributed by atoms with Gasteiger partial charge in [0.15, 0.2) is 18.9 Å². The zero-order chi connectivity index (χ0) is 57.5. The van der Waals surface area contributed by atoms with Crippen molar-refractivity contribution in [3.8, 4) is 0 Å². The molecule has 0 fully saturated rings. The number of quaternary nitrogens is 4. The van der Waals surface area contributed by atoms with E-state index in [-0.39, 0.29) is 6.17 Å². The summed E-state index contributed by atoms with van der Waals surface area (Å²) in [5.41, 5.74) is 6.66. The van der Waals surface area contributed by atoms with Gasteiger partial charge in [0.25, 0.3) is 6.17 Å². The number of rotatable bonds is 23. The minimum atomic E-state index is -3.63. The van der Waals surface area contributed by atoms with Crippen molar-refractivity contribution in [3.63, 3.8) is 0 Å². The first kappa shape index (κ1) is 60.2. The van der Waals surface area contributed by atoms with Gasteiger partial charge in [0.1, 0.15) is 0 Å². The Balaban J connectivity index is 0.890. The number of anilines is 2. The van der Waals surface area contributed by atoms with E-state index in [1.54, 1.807) is 49.8 Å². The average Bonchev–Trinajstić information content (AvgIpc) is 3.90. The van der Waals surface area contributed by atoms with E-state index in [9.17, 15) is 16.8 Å². The van der Waals surface area contributed by atoms with Gasteiger partial charge in [-0.1, -0.05) is 54.7 Å². The summed E-state index contributed by atoms with van der Waals surface area (Å²) in [6.45, 7) is 8.73. The normalized spacial score (nSPS) is 16.1. The molecule has 0 radical (unpaired) electrons. The predicted molar refractivity (Wildman–Crippen MR) is 328 cm³/mol. The molecule has 0 spiro atoms. The van der Waals surface area contributed by atoms with Crippen LogP contribution >= 0.6 is 23.5 Å². The Morgan fingerprint density at radius 1 is 0.570 bits per heavy atom. The summed E-state index contributed by atoms with van der Waals surface area (Å²) in [6, 6.07) is 32.8. The average molecular weight is 1150 g/mol. The van der Waals surface area contributed by atoms with E-state index in [0.717, 1.165) is 110 Å². The fourth-order valence-corrected chi connectivity index (χ4v) is 15.6. The van der Waals surface area contributed by atoms with Gasteiger partial charge in [-0.25, -0.2) is 16.8 Å². The number of pyridine rings is 2. The van der Waals surface area contributed by atoms with Crippen molar-refractivity contribution in [2.45, 2.75) is 58.5 Å². The first-order chi connectivity index (χ1) is 37.0. The molecule has 6 aromatic rings. The lowest BCUT2D eigenvalue weighted by Gasteiger charge is -2.35. The van der Waals surface area contributed by atoms with Crippen LogP contribution in [0.3, 0.4) is 0 Å². The zero-order valence-corrected chi connectivity index (χ0v) is 52.9. The molecule has 0 saturated carbocycles. The number of fused-ring (bicyclic) bond motifs is 4. The minimum Gasteiger partial charge on any atom is -0.338 e. The number of benzene rings is 4. The van der Waals surface area contributed by atoms with E-state index >= 15 is 0 Å². The third-order valence-electron chi connectivity index (χ3n) is 15.8. The Kier molecular flexibility index (Phi) is 18.0. The van der Waals surface area contributed by atoms with Crippen molar-refractivity contribution < 1.29 is 43.9 Å². The lowest BCUT2D eigenvalue weighted by Crippen LogP contribution is -2.58. The molecule has 2 aromatic heterocycles. The van der Waals surface area contributed by atoms with Crippen LogP contribution in [0.5, 0.6) is 0 Å². The van der Waals surface area contributed by atoms with Crippen molar-refractivity contribution >= 4 is 88.9 Å². The molecule has 2 aliphatic heterocycles. The van der Waals surface area contributed by atoms with Gasteiger partial charge in [0, 0.05) is 68.7 Å². The molecule has 4 aromatic carbocycles. The number of nitrogens with zero attached hydrogens (tertiary/aromatic N) is 10. The Morgan fingerprint density at radius 2 is 1.03 bits per heavy atom. The SMILES string of the molecule is CCC([n+]1ccc(/C=C2\Sc3cc(S(=O)(=O)N(C)CC[N+](C)(C)C)ccc3N2C)c2ccccc21)[N+](C)(C)CCC[N+](C)(C)CCC[n+]1ccc(C=C2Sc3cc(S(=O)(=O)N(C)CC[N+](C)(C)C)ccc3N2C)c2ccccc21. The zero-order valence-electron chi connectivity index (χ0n) is 49.6. The Morgan fingerprint density at radius 3 is 1.52 bits per heavy atom. The molecule has 1 atom stereocenters. The van der Waals surface area contributed by atoms with Gasteiger partial charge in [0.05, 0.1) is 171 Å². The quantitative estimate of drug-likeness (QED) is 0.0465. The number of hydrogen-bond acceptors (Lipinski definition) is 8. The first-order valence-electron chi connectivity index (χ1n) is 27.6. The van der Waals surface area contributed by atoms with Gasteiger partial charge >= 0.3 is 0 Å². The maximum absolute atomic E-state index is 13.6. The summed E-state index contributed by atoms with van der Waals surface area (Å²) in [6.07, 6.45) is 12.3. The van der Waals surface area contributed by atoms with Crippen LogP contribution in [0.4, 0.5) is 11.4 Å². The predicted octanol–water partition coefficient (Wildman–Crippen LogP) is 8.84. The number of sulfonamides is 2. The molecule has 0 N–H and O–H groups in total. The fourth-order valence-electron chi connectivity index (χ4n) is 10.8. The molecule has 4 heterocycles. The smallest absolute Gasteiger partial charge is 0.284 e. The monoisotopic (exact) mass is 1150 g/mol. The summed E-state index contributed by atoms with van der Waals surface area (Å²) < 4.78 is 65.4. The van der Waals surface area contributed by atoms with Crippen molar-refractivity contribution in [2.24, 2.45) is 0 Å². The maximum Gasteiger partial charge on any atom is 0.284 e. The van der Waals surface area contributed by atoms with Crippen molar-refractivity contribution in [1.82, 2.24) is 8.61 Å². The van der Waals surface area contributed by atoms with Gasteiger partial charge in [-0.15, -0.1) is 4.57 Å². The highest BCUT2D eigenvalue weighted by molar-refractivity contribution is 8.04. The summed E-state index contributed by atoms with van der Waals surface area (Å²) >= 11 is 3.23. The number of aryl methyl sites for hydroxylation is 1. The second-order valence-corrected chi connectivity index (χ2v) is 31.1. The van der Waals surface area contributed by atoms with Gasteiger partial charge in [0.2, 0.25) is 31.1 Å². The molecule has 0 amide bonds. The van der Waals surface area contributed by atoms with E-state index < -0.39 is 20.0 Å². The highest BCUT2D eigenvalue weighted by Crippen LogP contribution is 2.48. The molecule has 18 heteroatoms. The van der Waals surface area contributed by atoms with E-state index in [4.69, 9.17) is 0 Å².